The van der Waals surface area contributed by atoms with E-state index in [1.807, 2.05) is 44.2 Å². The van der Waals surface area contributed by atoms with Crippen LogP contribution < -0.4 is 42.2 Å². The lowest BCUT2D eigenvalue weighted by molar-refractivity contribution is -0.272. The molecule has 8 rings (SSSR count). The van der Waals surface area contributed by atoms with Crippen LogP contribution >= 0.6 is 12.2 Å². The van der Waals surface area contributed by atoms with Gasteiger partial charge in [0.1, 0.15) is 60.9 Å². The van der Waals surface area contributed by atoms with Crippen molar-refractivity contribution in [3.05, 3.63) is 87.7 Å². The molecule has 6 heterocycles. The summed E-state index contributed by atoms with van der Waals surface area (Å²) in [5.74, 6) is -6.27. The standard InChI is InChI=1S/C61H79N9O16S/c1-10-61(39-25-45-48-35(24-34-14-11-12-15-40(34)65-48)27-70(45)56(79)38(39)29-83-59(61)81)86-57(80)47(32(6)7)68-54(77)43(28-71)67-53(76)42(23-31(4)5)64-46(72)26-62-52(75)41(22-30(2)3)66-55(78)44-16-13-21-69(44)60(87)63-36-17-19-37(20-18-36)85-58-50(74)51(82-9)49(73)33(8)84-58/h11-12,14-15,17-20,24-25,30-33,41-44,47,49-51,58,71,73-74H,10,13,16,21-23,26-29H2,1-9H3,(H,62,75)(H,63,87)(H,64,72)(H,66,78)(H,67,76)(H,68,77)/t33-,41-,42-,43-,44-,47-,49+,50-,51+,58+,61-/m0/s1. The maximum absolute atomic E-state index is 14.3. The third kappa shape index (κ3) is 14.5. The Bertz CT molecular complexity index is 3310. The van der Waals surface area contributed by atoms with E-state index in [4.69, 9.17) is 40.9 Å². The smallest absolute Gasteiger partial charge is 0.355 e. The van der Waals surface area contributed by atoms with Crippen LogP contribution in [-0.4, -0.2) is 164 Å². The zero-order chi connectivity index (χ0) is 63.2. The van der Waals surface area contributed by atoms with Crippen LogP contribution in [0.3, 0.4) is 0 Å². The maximum Gasteiger partial charge on any atom is 0.355 e. The number of methoxy groups -OCH3 is 1. The summed E-state index contributed by atoms with van der Waals surface area (Å²) in [6.45, 7) is 12.6. The maximum atomic E-state index is 14.3. The summed E-state index contributed by atoms with van der Waals surface area (Å²) in [7, 11) is 1.38. The molecule has 4 aromatic rings. The number of carbonyl (C=O) groups is 7. The van der Waals surface area contributed by atoms with Crippen molar-refractivity contribution in [3.8, 4) is 17.1 Å². The second kappa shape index (κ2) is 28.0. The lowest BCUT2D eigenvalue weighted by atomic mass is 9.85. The van der Waals surface area contributed by atoms with Gasteiger partial charge in [0.05, 0.1) is 48.3 Å². The number of fused-ring (bicyclic) bond motifs is 5. The molecule has 0 radical (unpaired) electrons. The molecule has 0 unspecified atom stereocenters. The Labute approximate surface area is 508 Å². The van der Waals surface area contributed by atoms with Gasteiger partial charge < -0.3 is 80.4 Å². The van der Waals surface area contributed by atoms with Crippen molar-refractivity contribution in [2.75, 3.05) is 32.1 Å². The number of rotatable bonds is 23. The van der Waals surface area contributed by atoms with Crippen molar-refractivity contribution in [2.24, 2.45) is 17.8 Å². The first-order chi connectivity index (χ1) is 41.4. The van der Waals surface area contributed by atoms with Crippen LogP contribution in [0.5, 0.6) is 5.75 Å². The molecule has 5 amide bonds. The Balaban J connectivity index is 0.857. The predicted octanol–water partition coefficient (Wildman–Crippen LogP) is 2.15. The minimum absolute atomic E-state index is 0.0661. The number of aromatic nitrogens is 2. The van der Waals surface area contributed by atoms with E-state index in [0.717, 1.165) is 10.9 Å². The molecular formula is C61H79N9O16S. The Kier molecular flexibility index (Phi) is 21.1. The Morgan fingerprint density at radius 3 is 2.20 bits per heavy atom. The number of nitrogens with zero attached hydrogens (tertiary/aromatic N) is 3. The van der Waals surface area contributed by atoms with Gasteiger partial charge in [-0.2, -0.15) is 0 Å². The largest absolute Gasteiger partial charge is 0.462 e. The van der Waals surface area contributed by atoms with E-state index in [1.165, 1.54) is 7.11 Å². The van der Waals surface area contributed by atoms with Gasteiger partial charge in [-0.25, -0.2) is 14.6 Å². The summed E-state index contributed by atoms with van der Waals surface area (Å²) in [4.78, 5) is 118. The highest BCUT2D eigenvalue weighted by Gasteiger charge is 2.52. The summed E-state index contributed by atoms with van der Waals surface area (Å²) in [5.41, 5.74) is 0.739. The van der Waals surface area contributed by atoms with E-state index in [-0.39, 0.29) is 60.5 Å². The van der Waals surface area contributed by atoms with Gasteiger partial charge in [0.15, 0.2) is 5.11 Å². The number of aliphatic hydroxyl groups is 3. The van der Waals surface area contributed by atoms with Crippen molar-refractivity contribution < 1.29 is 72.6 Å². The van der Waals surface area contributed by atoms with Crippen molar-refractivity contribution in [2.45, 2.75) is 167 Å². The normalized spacial score (nSPS) is 22.7. The summed E-state index contributed by atoms with van der Waals surface area (Å²) in [6.07, 6.45) is -3.78. The first-order valence-electron chi connectivity index (χ1n) is 29.4. The third-order valence-corrected chi connectivity index (χ3v) is 16.4. The number of pyridine rings is 2. The van der Waals surface area contributed by atoms with Crippen LogP contribution in [-0.2, 0) is 71.3 Å². The molecule has 2 fully saturated rings. The van der Waals surface area contributed by atoms with Gasteiger partial charge in [-0.1, -0.05) is 66.7 Å². The van der Waals surface area contributed by atoms with E-state index in [9.17, 15) is 53.7 Å². The number of para-hydroxylation sites is 1. The van der Waals surface area contributed by atoms with Gasteiger partial charge in [-0.3, -0.25) is 28.8 Å². The predicted molar refractivity (Wildman–Crippen MR) is 320 cm³/mol. The van der Waals surface area contributed by atoms with Gasteiger partial charge >= 0.3 is 11.9 Å². The van der Waals surface area contributed by atoms with Crippen LogP contribution in [0.4, 0.5) is 5.69 Å². The van der Waals surface area contributed by atoms with Crippen LogP contribution in [0.1, 0.15) is 104 Å². The van der Waals surface area contributed by atoms with Crippen LogP contribution in [0, 0.1) is 17.8 Å². The number of cyclic esters (lactones) is 1. The Morgan fingerprint density at radius 2 is 1.54 bits per heavy atom. The third-order valence-electron chi connectivity index (χ3n) is 16.0. The fourth-order valence-corrected chi connectivity index (χ4v) is 11.7. The van der Waals surface area contributed by atoms with Crippen molar-refractivity contribution in [3.63, 3.8) is 0 Å². The lowest BCUT2D eigenvalue weighted by Gasteiger charge is -2.40. The highest BCUT2D eigenvalue weighted by molar-refractivity contribution is 7.80. The number of hydrogen-bond donors (Lipinski definition) is 9. The SMILES string of the molecule is CC[C@@]1(OC(=O)[C@@H](NC(=O)[C@H](CO)NC(=O)[C@H](CC(C)C)NC(=O)CNC(=O)[C@H](CC(C)C)NC(=O)[C@@H]2CCCN2C(=S)Nc2ccc(O[C@H]3O[C@@H](C)[C@@H](O)[C@@H](OC)[C@@H]3O)cc2)C(C)C)C(=O)OCc2c1cc1n(c2=O)Cc2cc3ccccc3nc2-1. The molecule has 0 bridgehead atoms. The zero-order valence-corrected chi connectivity index (χ0v) is 51.1. The molecule has 2 aromatic carbocycles. The number of nitrogens with one attached hydrogen (secondary N) is 6. The molecule has 4 aliphatic rings. The molecule has 470 valence electrons. The van der Waals surface area contributed by atoms with Gasteiger partial charge in [0.25, 0.3) is 5.56 Å². The van der Waals surface area contributed by atoms with Crippen LogP contribution in [0.15, 0.2) is 65.5 Å². The van der Waals surface area contributed by atoms with Crippen LogP contribution in [0.2, 0.25) is 0 Å². The van der Waals surface area contributed by atoms with Crippen LogP contribution in [0.25, 0.3) is 22.3 Å². The minimum Gasteiger partial charge on any atom is -0.462 e. The van der Waals surface area contributed by atoms with E-state index in [2.05, 4.69) is 31.9 Å². The molecule has 2 saturated heterocycles. The molecule has 0 spiro atoms. The molecule has 9 N–H and O–H groups in total. The number of ether oxygens (including phenoxy) is 5. The Morgan fingerprint density at radius 1 is 0.862 bits per heavy atom. The van der Waals surface area contributed by atoms with Crippen molar-refractivity contribution in [1.82, 2.24) is 41.0 Å². The van der Waals surface area contributed by atoms with E-state index >= 15 is 0 Å². The highest BCUT2D eigenvalue weighted by atomic mass is 32.1. The number of aliphatic hydroxyl groups excluding tert-OH is 3. The molecular weight excluding hydrogens is 1150 g/mol. The minimum atomic E-state index is -2.10. The molecule has 26 heteroatoms. The number of carbonyl (C=O) groups excluding carboxylic acids is 7. The first-order valence-corrected chi connectivity index (χ1v) is 29.8. The average molecular weight is 1230 g/mol. The van der Waals surface area contributed by atoms with Gasteiger partial charge in [-0.05, 0) is 111 Å². The number of amides is 5. The molecule has 0 saturated carbocycles. The number of anilines is 1. The van der Waals surface area contributed by atoms with Crippen molar-refractivity contribution >= 4 is 75.4 Å². The van der Waals surface area contributed by atoms with Gasteiger partial charge in [0, 0.05) is 35.9 Å². The number of thiocarbonyl (C=S) groups is 1. The number of hydrogen-bond acceptors (Lipinski definition) is 18. The monoisotopic (exact) mass is 1230 g/mol. The summed E-state index contributed by atoms with van der Waals surface area (Å²) >= 11 is 5.75. The number of esters is 2. The second-order valence-electron chi connectivity index (χ2n) is 23.6. The quantitative estimate of drug-likeness (QED) is 0.0334. The number of benzene rings is 2. The molecule has 25 nitrogen and oxygen atoms in total. The molecule has 11 atom stereocenters. The fraction of sp³-hybridized carbons (Fsp3) is 0.541. The second-order valence-corrected chi connectivity index (χ2v) is 24.0. The van der Waals surface area contributed by atoms with Gasteiger partial charge in [0.2, 0.25) is 41.4 Å². The lowest BCUT2D eigenvalue weighted by Crippen LogP contribution is -2.59. The molecule has 2 aromatic heterocycles. The average Bonchev–Trinajstić information content (AvgIpc) is 1.71. The molecule has 4 aliphatic heterocycles. The molecule has 87 heavy (non-hydrogen) atoms. The Hall–Kier alpha value is -7.62. The number of likely N-dealkylation sites (tertiary alicyclic amines) is 1. The summed E-state index contributed by atoms with van der Waals surface area (Å²) in [5, 5.41) is 48.8. The fourth-order valence-electron chi connectivity index (χ4n) is 11.3. The topological polar surface area (TPSA) is 337 Å². The highest BCUT2D eigenvalue weighted by Crippen LogP contribution is 2.41. The first kappa shape index (κ1) is 65.4. The summed E-state index contributed by atoms with van der Waals surface area (Å²) < 4.78 is 29.9. The van der Waals surface area contributed by atoms with E-state index < -0.39 is 133 Å². The molecule has 0 aliphatic carbocycles. The zero-order valence-electron chi connectivity index (χ0n) is 50.2. The van der Waals surface area contributed by atoms with E-state index in [0.29, 0.717) is 47.7 Å². The van der Waals surface area contributed by atoms with E-state index in [1.54, 1.807) is 81.3 Å². The van der Waals surface area contributed by atoms with Crippen molar-refractivity contribution in [1.29, 1.82) is 0 Å². The van der Waals surface area contributed by atoms with Gasteiger partial charge in [-0.15, -0.1) is 0 Å². The summed E-state index contributed by atoms with van der Waals surface area (Å²) in [6, 6.07) is 11.6.